The molecule has 1 heterocycles. The van der Waals surface area contributed by atoms with Crippen LogP contribution in [-0.2, 0) is 4.79 Å². The first-order valence-electron chi connectivity index (χ1n) is 6.62. The maximum atomic E-state index is 12.0. The SMILES string of the molecule is CC(C)(N)CCC(=O)Nc1ccccc1-n1ccnc1. The number of nitrogens with one attached hydrogen (secondary N) is 1. The molecule has 5 nitrogen and oxygen atoms in total. The molecule has 20 heavy (non-hydrogen) atoms. The molecule has 0 aliphatic heterocycles. The molecule has 0 unspecified atom stereocenters. The molecule has 0 fully saturated rings. The van der Waals surface area contributed by atoms with Crippen LogP contribution in [0.3, 0.4) is 0 Å². The van der Waals surface area contributed by atoms with Gasteiger partial charge in [-0.05, 0) is 32.4 Å². The lowest BCUT2D eigenvalue weighted by molar-refractivity contribution is -0.116. The van der Waals surface area contributed by atoms with Gasteiger partial charge in [-0.2, -0.15) is 0 Å². The molecule has 0 saturated heterocycles. The summed E-state index contributed by atoms with van der Waals surface area (Å²) < 4.78 is 1.86. The lowest BCUT2D eigenvalue weighted by Gasteiger charge is -2.18. The summed E-state index contributed by atoms with van der Waals surface area (Å²) in [5, 5.41) is 2.93. The van der Waals surface area contributed by atoms with Crippen molar-refractivity contribution >= 4 is 11.6 Å². The minimum atomic E-state index is -0.332. The number of carbonyl (C=O) groups is 1. The fourth-order valence-electron chi connectivity index (χ4n) is 1.85. The number of hydrogen-bond donors (Lipinski definition) is 2. The second kappa shape index (κ2) is 5.88. The molecule has 1 aromatic heterocycles. The molecule has 5 heteroatoms. The van der Waals surface area contributed by atoms with Gasteiger partial charge in [0, 0.05) is 24.4 Å². The van der Waals surface area contributed by atoms with Crippen molar-refractivity contribution in [3.05, 3.63) is 43.0 Å². The summed E-state index contributed by atoms with van der Waals surface area (Å²) in [5.41, 5.74) is 7.22. The van der Waals surface area contributed by atoms with E-state index in [0.717, 1.165) is 11.4 Å². The summed E-state index contributed by atoms with van der Waals surface area (Å²) in [6.07, 6.45) is 6.30. The van der Waals surface area contributed by atoms with Crippen LogP contribution in [0.5, 0.6) is 0 Å². The predicted molar refractivity (Wildman–Crippen MR) is 79.7 cm³/mol. The first-order chi connectivity index (χ1) is 9.46. The van der Waals surface area contributed by atoms with E-state index >= 15 is 0 Å². The number of anilines is 1. The van der Waals surface area contributed by atoms with Crippen LogP contribution in [0.15, 0.2) is 43.0 Å². The Morgan fingerprint density at radius 3 is 2.80 bits per heavy atom. The van der Waals surface area contributed by atoms with E-state index in [4.69, 9.17) is 5.73 Å². The van der Waals surface area contributed by atoms with Crippen LogP contribution in [0.2, 0.25) is 0 Å². The molecular weight excluding hydrogens is 252 g/mol. The zero-order valence-corrected chi connectivity index (χ0v) is 11.8. The van der Waals surface area contributed by atoms with Crippen LogP contribution in [0.25, 0.3) is 5.69 Å². The second-order valence-electron chi connectivity index (χ2n) is 5.52. The lowest BCUT2D eigenvalue weighted by atomic mass is 10.00. The number of imidazole rings is 1. The topological polar surface area (TPSA) is 72.9 Å². The molecule has 0 radical (unpaired) electrons. The van der Waals surface area contributed by atoms with Gasteiger partial charge in [-0.3, -0.25) is 4.79 Å². The fraction of sp³-hybridized carbons (Fsp3) is 0.333. The van der Waals surface area contributed by atoms with Crippen molar-refractivity contribution in [2.45, 2.75) is 32.2 Å². The predicted octanol–water partition coefficient (Wildman–Crippen LogP) is 2.33. The van der Waals surface area contributed by atoms with Gasteiger partial charge in [0.1, 0.15) is 0 Å². The molecule has 106 valence electrons. The number of carbonyl (C=O) groups excluding carboxylic acids is 1. The van der Waals surface area contributed by atoms with E-state index in [1.807, 2.05) is 48.9 Å². The Labute approximate surface area is 118 Å². The highest BCUT2D eigenvalue weighted by molar-refractivity contribution is 5.92. The van der Waals surface area contributed by atoms with Crippen molar-refractivity contribution in [2.24, 2.45) is 5.73 Å². The summed E-state index contributed by atoms with van der Waals surface area (Å²) in [5.74, 6) is -0.0314. The van der Waals surface area contributed by atoms with Gasteiger partial charge < -0.3 is 15.6 Å². The van der Waals surface area contributed by atoms with Gasteiger partial charge in [0.25, 0.3) is 0 Å². The monoisotopic (exact) mass is 272 g/mol. The average molecular weight is 272 g/mol. The summed E-state index contributed by atoms with van der Waals surface area (Å²) in [4.78, 5) is 16.0. The van der Waals surface area contributed by atoms with Crippen molar-refractivity contribution in [1.82, 2.24) is 9.55 Å². The Bertz CT molecular complexity index is 570. The zero-order valence-electron chi connectivity index (χ0n) is 11.8. The van der Waals surface area contributed by atoms with E-state index in [2.05, 4.69) is 10.3 Å². The third kappa shape index (κ3) is 3.93. The quantitative estimate of drug-likeness (QED) is 0.877. The molecule has 0 aliphatic carbocycles. The van der Waals surface area contributed by atoms with Crippen molar-refractivity contribution in [3.8, 4) is 5.69 Å². The molecule has 2 rings (SSSR count). The molecule has 2 aromatic rings. The number of benzene rings is 1. The van der Waals surface area contributed by atoms with Crippen molar-refractivity contribution < 1.29 is 4.79 Å². The van der Waals surface area contributed by atoms with E-state index in [0.29, 0.717) is 12.8 Å². The highest BCUT2D eigenvalue weighted by Crippen LogP contribution is 2.20. The maximum Gasteiger partial charge on any atom is 0.224 e. The second-order valence-corrected chi connectivity index (χ2v) is 5.52. The van der Waals surface area contributed by atoms with Gasteiger partial charge in [0.2, 0.25) is 5.91 Å². The Kier molecular flexibility index (Phi) is 4.20. The normalized spacial score (nSPS) is 11.3. The number of amides is 1. The average Bonchev–Trinajstić information content (AvgIpc) is 2.90. The molecule has 0 aliphatic rings. The van der Waals surface area contributed by atoms with Gasteiger partial charge in [0.05, 0.1) is 17.7 Å². The Balaban J connectivity index is 2.08. The molecule has 1 aromatic carbocycles. The number of aromatic nitrogens is 2. The molecule has 0 spiro atoms. The van der Waals surface area contributed by atoms with Gasteiger partial charge in [-0.25, -0.2) is 4.98 Å². The first-order valence-corrected chi connectivity index (χ1v) is 6.62. The van der Waals surface area contributed by atoms with Gasteiger partial charge in [0.15, 0.2) is 0 Å². The van der Waals surface area contributed by atoms with Crippen LogP contribution in [0, 0.1) is 0 Å². The third-order valence-electron chi connectivity index (χ3n) is 2.96. The summed E-state index contributed by atoms with van der Waals surface area (Å²) in [7, 11) is 0. The van der Waals surface area contributed by atoms with Crippen LogP contribution in [0.4, 0.5) is 5.69 Å². The van der Waals surface area contributed by atoms with E-state index in [1.54, 1.807) is 12.5 Å². The Morgan fingerprint density at radius 2 is 2.15 bits per heavy atom. The maximum absolute atomic E-state index is 12.0. The standard InChI is InChI=1S/C15H20N4O/c1-15(2,16)8-7-14(20)18-12-5-3-4-6-13(12)19-10-9-17-11-19/h3-6,9-11H,7-8,16H2,1-2H3,(H,18,20). The van der Waals surface area contributed by atoms with Crippen molar-refractivity contribution in [3.63, 3.8) is 0 Å². The molecule has 0 bridgehead atoms. The largest absolute Gasteiger partial charge is 0.326 e. The van der Waals surface area contributed by atoms with Gasteiger partial charge in [-0.15, -0.1) is 0 Å². The van der Waals surface area contributed by atoms with Crippen LogP contribution < -0.4 is 11.1 Å². The van der Waals surface area contributed by atoms with Crippen LogP contribution >= 0.6 is 0 Å². The minimum Gasteiger partial charge on any atom is -0.326 e. The van der Waals surface area contributed by atoms with E-state index in [1.165, 1.54) is 0 Å². The summed E-state index contributed by atoms with van der Waals surface area (Å²) in [6.45, 7) is 3.83. The zero-order chi connectivity index (χ0) is 14.6. The number of rotatable bonds is 5. The molecular formula is C15H20N4O. The minimum absolute atomic E-state index is 0.0314. The smallest absolute Gasteiger partial charge is 0.224 e. The highest BCUT2D eigenvalue weighted by Gasteiger charge is 2.14. The molecule has 3 N–H and O–H groups in total. The fourth-order valence-corrected chi connectivity index (χ4v) is 1.85. The molecule has 0 saturated carbocycles. The third-order valence-corrected chi connectivity index (χ3v) is 2.96. The lowest BCUT2D eigenvalue weighted by Crippen LogP contribution is -2.33. The Hall–Kier alpha value is -2.14. The highest BCUT2D eigenvalue weighted by atomic mass is 16.1. The Morgan fingerprint density at radius 1 is 1.40 bits per heavy atom. The van der Waals surface area contributed by atoms with Crippen LogP contribution in [-0.4, -0.2) is 21.0 Å². The van der Waals surface area contributed by atoms with E-state index < -0.39 is 0 Å². The molecule has 1 amide bonds. The summed E-state index contributed by atoms with van der Waals surface area (Å²) >= 11 is 0. The van der Waals surface area contributed by atoms with Gasteiger partial charge in [-0.1, -0.05) is 12.1 Å². The number of nitrogens with zero attached hydrogens (tertiary/aromatic N) is 2. The number of nitrogens with two attached hydrogens (primary N) is 1. The van der Waals surface area contributed by atoms with Gasteiger partial charge >= 0.3 is 0 Å². The first kappa shape index (κ1) is 14.3. The van der Waals surface area contributed by atoms with Crippen molar-refractivity contribution in [1.29, 1.82) is 0 Å². The van der Waals surface area contributed by atoms with E-state index in [-0.39, 0.29) is 11.4 Å². The number of hydrogen-bond acceptors (Lipinski definition) is 3. The van der Waals surface area contributed by atoms with Crippen LogP contribution in [0.1, 0.15) is 26.7 Å². The van der Waals surface area contributed by atoms with Crippen molar-refractivity contribution in [2.75, 3.05) is 5.32 Å². The molecule has 0 atom stereocenters. The summed E-state index contributed by atoms with van der Waals surface area (Å²) in [6, 6.07) is 7.63. The van der Waals surface area contributed by atoms with E-state index in [9.17, 15) is 4.79 Å². The number of para-hydroxylation sites is 2.